The predicted octanol–water partition coefficient (Wildman–Crippen LogP) is 3.84. The Morgan fingerprint density at radius 1 is 1.30 bits per heavy atom. The standard InChI is InChI=1S/C22H25FO4/c1-27-22(26)13-19(25)12-18(24)8-9-20-16-3-2-14(10-16)11-21(20)15-4-6-17(23)7-5-15/h4-9,14,16,18,24H,2-3,10-13H2,1H3. The first-order valence-electron chi connectivity index (χ1n) is 9.40. The van der Waals surface area contributed by atoms with Gasteiger partial charge in [-0.1, -0.05) is 24.3 Å². The van der Waals surface area contributed by atoms with Gasteiger partial charge in [0.1, 0.15) is 18.0 Å². The van der Waals surface area contributed by atoms with Crippen LogP contribution in [0.3, 0.4) is 0 Å². The predicted molar refractivity (Wildman–Crippen MR) is 100 cm³/mol. The Kier molecular flexibility index (Phi) is 6.22. The summed E-state index contributed by atoms with van der Waals surface area (Å²) in [6.07, 6.45) is 6.57. The van der Waals surface area contributed by atoms with Gasteiger partial charge in [0, 0.05) is 6.42 Å². The molecule has 27 heavy (non-hydrogen) atoms. The van der Waals surface area contributed by atoms with Gasteiger partial charge in [-0.2, -0.15) is 0 Å². The van der Waals surface area contributed by atoms with Crippen molar-refractivity contribution in [2.75, 3.05) is 7.11 Å². The zero-order valence-electron chi connectivity index (χ0n) is 15.5. The second kappa shape index (κ2) is 8.61. The first kappa shape index (κ1) is 19.5. The van der Waals surface area contributed by atoms with E-state index in [2.05, 4.69) is 4.74 Å². The summed E-state index contributed by atoms with van der Waals surface area (Å²) < 4.78 is 17.7. The van der Waals surface area contributed by atoms with Crippen molar-refractivity contribution in [1.29, 1.82) is 0 Å². The Labute approximate surface area is 158 Å². The molecule has 3 unspecified atom stereocenters. The number of aliphatic hydroxyl groups is 1. The van der Waals surface area contributed by atoms with Gasteiger partial charge in [-0.05, 0) is 66.4 Å². The monoisotopic (exact) mass is 372 g/mol. The van der Waals surface area contributed by atoms with E-state index in [1.165, 1.54) is 36.8 Å². The largest absolute Gasteiger partial charge is 0.469 e. The minimum absolute atomic E-state index is 0.113. The minimum atomic E-state index is -0.941. The van der Waals surface area contributed by atoms with Gasteiger partial charge in [-0.25, -0.2) is 4.39 Å². The minimum Gasteiger partial charge on any atom is -0.469 e. The topological polar surface area (TPSA) is 63.6 Å². The van der Waals surface area contributed by atoms with E-state index >= 15 is 0 Å². The molecule has 1 fully saturated rings. The van der Waals surface area contributed by atoms with Crippen molar-refractivity contribution in [1.82, 2.24) is 0 Å². The second-order valence-electron chi connectivity index (χ2n) is 7.44. The highest BCUT2D eigenvalue weighted by Crippen LogP contribution is 2.48. The summed E-state index contributed by atoms with van der Waals surface area (Å²) >= 11 is 0. The zero-order chi connectivity index (χ0) is 19.4. The van der Waals surface area contributed by atoms with Gasteiger partial charge in [0.15, 0.2) is 0 Å². The Morgan fingerprint density at radius 2 is 2.04 bits per heavy atom. The maximum absolute atomic E-state index is 13.3. The third-order valence-corrected chi connectivity index (χ3v) is 5.52. The number of hydrogen-bond donors (Lipinski definition) is 1. The number of aliphatic hydroxyl groups excluding tert-OH is 1. The molecule has 0 amide bonds. The molecule has 3 atom stereocenters. The number of carbonyl (C=O) groups excluding carboxylic acids is 2. The van der Waals surface area contributed by atoms with Gasteiger partial charge in [-0.15, -0.1) is 0 Å². The highest BCUT2D eigenvalue weighted by Gasteiger charge is 2.34. The Bertz CT molecular complexity index is 763. The molecular formula is C22H25FO4. The van der Waals surface area contributed by atoms with E-state index in [-0.39, 0.29) is 24.4 Å². The quantitative estimate of drug-likeness (QED) is 0.583. The molecule has 0 spiro atoms. The van der Waals surface area contributed by atoms with Crippen LogP contribution in [0.15, 0.2) is 42.0 Å². The van der Waals surface area contributed by atoms with Gasteiger partial charge in [0.25, 0.3) is 0 Å². The number of esters is 1. The van der Waals surface area contributed by atoms with E-state index in [4.69, 9.17) is 0 Å². The fraction of sp³-hybridized carbons (Fsp3) is 0.455. The normalized spacial score (nSPS) is 22.9. The number of benzene rings is 1. The first-order chi connectivity index (χ1) is 13.0. The molecule has 1 saturated carbocycles. The maximum Gasteiger partial charge on any atom is 0.313 e. The van der Waals surface area contributed by atoms with Crippen LogP contribution in [0.1, 0.15) is 44.1 Å². The SMILES string of the molecule is COC(=O)CC(=O)CC(O)C=CC1=C(c2ccc(F)cc2)CC2CCC1C2. The maximum atomic E-state index is 13.3. The van der Waals surface area contributed by atoms with Crippen LogP contribution in [-0.4, -0.2) is 30.1 Å². The highest BCUT2D eigenvalue weighted by molar-refractivity contribution is 5.95. The number of carbonyl (C=O) groups is 2. The number of Topliss-reactive ketones (excluding diaryl/α,β-unsaturated/α-hetero) is 1. The lowest BCUT2D eigenvalue weighted by Gasteiger charge is -2.25. The number of halogens is 1. The third-order valence-electron chi connectivity index (χ3n) is 5.52. The Morgan fingerprint density at radius 3 is 2.74 bits per heavy atom. The summed E-state index contributed by atoms with van der Waals surface area (Å²) in [6, 6.07) is 6.56. The van der Waals surface area contributed by atoms with Gasteiger partial charge in [-0.3, -0.25) is 9.59 Å². The van der Waals surface area contributed by atoms with Crippen LogP contribution >= 0.6 is 0 Å². The van der Waals surface area contributed by atoms with Crippen molar-refractivity contribution in [3.05, 3.63) is 53.4 Å². The van der Waals surface area contributed by atoms with Crippen LogP contribution in [0.5, 0.6) is 0 Å². The molecule has 5 heteroatoms. The van der Waals surface area contributed by atoms with Crippen molar-refractivity contribution in [3.8, 4) is 0 Å². The van der Waals surface area contributed by atoms with E-state index in [1.807, 2.05) is 6.08 Å². The zero-order valence-corrected chi connectivity index (χ0v) is 15.5. The molecule has 0 saturated heterocycles. The van der Waals surface area contributed by atoms with Gasteiger partial charge < -0.3 is 9.84 Å². The molecule has 2 aliphatic rings. The number of allylic oxidation sites excluding steroid dienone is 3. The number of ketones is 1. The second-order valence-corrected chi connectivity index (χ2v) is 7.44. The van der Waals surface area contributed by atoms with Gasteiger partial charge in [0.05, 0.1) is 13.2 Å². The van der Waals surface area contributed by atoms with Gasteiger partial charge >= 0.3 is 5.97 Å². The molecule has 0 aliphatic heterocycles. The summed E-state index contributed by atoms with van der Waals surface area (Å²) in [4.78, 5) is 22.9. The van der Waals surface area contributed by atoms with E-state index in [0.29, 0.717) is 11.8 Å². The lowest BCUT2D eigenvalue weighted by molar-refractivity contribution is -0.143. The molecule has 0 aromatic heterocycles. The summed E-state index contributed by atoms with van der Waals surface area (Å²) in [5.41, 5.74) is 3.40. The third kappa shape index (κ3) is 4.92. The molecule has 1 aromatic rings. The van der Waals surface area contributed by atoms with E-state index < -0.39 is 12.1 Å². The molecule has 1 N–H and O–H groups in total. The van der Waals surface area contributed by atoms with Crippen LogP contribution in [-0.2, 0) is 14.3 Å². The average Bonchev–Trinajstić information content (AvgIpc) is 3.03. The van der Waals surface area contributed by atoms with E-state index in [0.717, 1.165) is 24.8 Å². The van der Waals surface area contributed by atoms with E-state index in [9.17, 15) is 19.1 Å². The number of hydrogen-bond acceptors (Lipinski definition) is 4. The Balaban J connectivity index is 1.76. The lowest BCUT2D eigenvalue weighted by atomic mass is 9.80. The highest BCUT2D eigenvalue weighted by atomic mass is 19.1. The summed E-state index contributed by atoms with van der Waals surface area (Å²) in [6.45, 7) is 0. The number of ether oxygens (including phenoxy) is 1. The molecule has 3 rings (SSSR count). The van der Waals surface area contributed by atoms with Crippen LogP contribution in [0.25, 0.3) is 5.57 Å². The molecule has 0 radical (unpaired) electrons. The van der Waals surface area contributed by atoms with E-state index in [1.54, 1.807) is 18.2 Å². The lowest BCUT2D eigenvalue weighted by Crippen LogP contribution is -2.16. The number of methoxy groups -OCH3 is 1. The fourth-order valence-corrected chi connectivity index (χ4v) is 4.19. The fourth-order valence-electron chi connectivity index (χ4n) is 4.19. The van der Waals surface area contributed by atoms with Crippen molar-refractivity contribution in [3.63, 3.8) is 0 Å². The molecule has 2 aliphatic carbocycles. The molecular weight excluding hydrogens is 347 g/mol. The number of fused-ring (bicyclic) bond motifs is 2. The first-order valence-corrected chi connectivity index (χ1v) is 9.40. The summed E-state index contributed by atoms with van der Waals surface area (Å²) in [5, 5.41) is 10.2. The molecule has 1 aromatic carbocycles. The molecule has 0 heterocycles. The number of rotatable bonds is 7. The van der Waals surface area contributed by atoms with Crippen LogP contribution in [0.4, 0.5) is 4.39 Å². The van der Waals surface area contributed by atoms with Crippen molar-refractivity contribution in [2.24, 2.45) is 11.8 Å². The summed E-state index contributed by atoms with van der Waals surface area (Å²) in [5.74, 6) is -0.0929. The Hall–Kier alpha value is -2.27. The van der Waals surface area contributed by atoms with Gasteiger partial charge in [0.2, 0.25) is 0 Å². The molecule has 144 valence electrons. The van der Waals surface area contributed by atoms with Crippen molar-refractivity contribution >= 4 is 17.3 Å². The smallest absolute Gasteiger partial charge is 0.313 e. The molecule has 2 bridgehead atoms. The van der Waals surface area contributed by atoms with Crippen LogP contribution in [0, 0.1) is 17.7 Å². The van der Waals surface area contributed by atoms with Crippen LogP contribution < -0.4 is 0 Å². The van der Waals surface area contributed by atoms with Crippen molar-refractivity contribution < 1.29 is 23.8 Å². The molecule has 4 nitrogen and oxygen atoms in total. The average molecular weight is 372 g/mol. The summed E-state index contributed by atoms with van der Waals surface area (Å²) in [7, 11) is 1.23. The van der Waals surface area contributed by atoms with Crippen molar-refractivity contribution in [2.45, 2.75) is 44.6 Å². The van der Waals surface area contributed by atoms with Crippen LogP contribution in [0.2, 0.25) is 0 Å².